The largest absolute Gasteiger partial charge is 0.353 e. The molecule has 1 aromatic rings. The second kappa shape index (κ2) is 5.62. The van der Waals surface area contributed by atoms with E-state index < -0.39 is 0 Å². The van der Waals surface area contributed by atoms with E-state index in [4.69, 9.17) is 0 Å². The van der Waals surface area contributed by atoms with Crippen molar-refractivity contribution in [2.45, 2.75) is 40.2 Å². The van der Waals surface area contributed by atoms with Crippen molar-refractivity contribution in [2.75, 3.05) is 11.9 Å². The molecule has 0 aromatic carbocycles. The normalized spacial score (nSPS) is 14.5. The number of aryl methyl sites for hydroxylation is 1. The lowest BCUT2D eigenvalue weighted by Gasteiger charge is -1.97. The van der Waals surface area contributed by atoms with E-state index >= 15 is 0 Å². The highest BCUT2D eigenvalue weighted by molar-refractivity contribution is 5.21. The Morgan fingerprint density at radius 1 is 1.50 bits per heavy atom. The summed E-state index contributed by atoms with van der Waals surface area (Å²) in [4.78, 5) is 4.13. The van der Waals surface area contributed by atoms with Crippen molar-refractivity contribution in [2.24, 2.45) is 5.92 Å². The molecular weight excluding hydrogens is 176 g/mol. The molecule has 4 heteroatoms. The fourth-order valence-electron chi connectivity index (χ4n) is 1.09. The lowest BCUT2D eigenvalue weighted by Crippen LogP contribution is -2.05. The van der Waals surface area contributed by atoms with Gasteiger partial charge in [0.2, 0.25) is 5.95 Å². The van der Waals surface area contributed by atoms with E-state index in [0.29, 0.717) is 0 Å². The summed E-state index contributed by atoms with van der Waals surface area (Å²) in [6.07, 6.45) is 4.48. The highest BCUT2D eigenvalue weighted by atomic mass is 15.4. The first kappa shape index (κ1) is 11.0. The van der Waals surface area contributed by atoms with E-state index in [0.717, 1.165) is 25.0 Å². The molecule has 14 heavy (non-hydrogen) atoms. The molecule has 1 heterocycles. The van der Waals surface area contributed by atoms with Gasteiger partial charge in [-0.05, 0) is 25.7 Å². The third-order valence-electron chi connectivity index (χ3n) is 2.11. The monoisotopic (exact) mass is 196 g/mol. The molecule has 0 spiro atoms. The van der Waals surface area contributed by atoms with Crippen molar-refractivity contribution < 1.29 is 0 Å². The van der Waals surface area contributed by atoms with Crippen molar-refractivity contribution in [1.29, 1.82) is 0 Å². The van der Waals surface area contributed by atoms with Crippen LogP contribution in [0.3, 0.4) is 0 Å². The molecule has 0 amide bonds. The number of hydrogen-bond donors (Lipinski definition) is 1. The van der Waals surface area contributed by atoms with Gasteiger partial charge in [-0.1, -0.05) is 13.8 Å². The van der Waals surface area contributed by atoms with Crippen molar-refractivity contribution in [3.05, 3.63) is 6.33 Å². The Kier molecular flexibility index (Phi) is 4.43. The van der Waals surface area contributed by atoms with Gasteiger partial charge in [-0.25, -0.2) is 4.98 Å². The van der Waals surface area contributed by atoms with Crippen LogP contribution in [-0.2, 0) is 6.54 Å². The highest BCUT2D eigenvalue weighted by Gasteiger charge is 2.20. The maximum Gasteiger partial charge on any atom is 0.242 e. The number of aromatic nitrogens is 3. The van der Waals surface area contributed by atoms with Gasteiger partial charge < -0.3 is 5.32 Å². The molecule has 1 N–H and O–H groups in total. The van der Waals surface area contributed by atoms with Gasteiger partial charge in [0.25, 0.3) is 0 Å². The Morgan fingerprint density at radius 2 is 2.21 bits per heavy atom. The summed E-state index contributed by atoms with van der Waals surface area (Å²) in [6.45, 7) is 7.98. The van der Waals surface area contributed by atoms with E-state index in [1.54, 1.807) is 6.33 Å². The minimum absolute atomic E-state index is 0.767. The van der Waals surface area contributed by atoms with E-state index in [-0.39, 0.29) is 0 Å². The Bertz CT molecular complexity index is 252. The molecule has 0 saturated heterocycles. The zero-order valence-corrected chi connectivity index (χ0v) is 9.32. The Hall–Kier alpha value is -1.06. The summed E-state index contributed by atoms with van der Waals surface area (Å²) in [5.74, 6) is 1.64. The first-order chi connectivity index (χ1) is 6.88. The molecule has 1 aliphatic rings. The van der Waals surface area contributed by atoms with Gasteiger partial charge in [-0.2, -0.15) is 0 Å². The van der Waals surface area contributed by atoms with Gasteiger partial charge in [0, 0.05) is 13.1 Å². The molecule has 0 unspecified atom stereocenters. The molecule has 1 fully saturated rings. The Balaban J connectivity index is 0.000000461. The number of anilines is 1. The van der Waals surface area contributed by atoms with Gasteiger partial charge in [0.1, 0.15) is 6.33 Å². The van der Waals surface area contributed by atoms with Crippen LogP contribution in [0.25, 0.3) is 0 Å². The quantitative estimate of drug-likeness (QED) is 0.802. The van der Waals surface area contributed by atoms with Crippen LogP contribution in [-0.4, -0.2) is 21.3 Å². The fraction of sp³-hybridized carbons (Fsp3) is 0.800. The minimum atomic E-state index is 0.767. The topological polar surface area (TPSA) is 42.7 Å². The zero-order chi connectivity index (χ0) is 10.4. The van der Waals surface area contributed by atoms with Crippen molar-refractivity contribution in [3.63, 3.8) is 0 Å². The van der Waals surface area contributed by atoms with Crippen LogP contribution in [0.1, 0.15) is 33.6 Å². The third-order valence-corrected chi connectivity index (χ3v) is 2.11. The van der Waals surface area contributed by atoms with Crippen LogP contribution in [0.15, 0.2) is 6.33 Å². The van der Waals surface area contributed by atoms with Gasteiger partial charge in [0.05, 0.1) is 0 Å². The zero-order valence-electron chi connectivity index (χ0n) is 9.32. The lowest BCUT2D eigenvalue weighted by atomic mass is 10.4. The maximum absolute atomic E-state index is 4.22. The van der Waals surface area contributed by atoms with Gasteiger partial charge in [0.15, 0.2) is 0 Å². The molecule has 1 aromatic heterocycles. The molecule has 80 valence electrons. The Morgan fingerprint density at radius 3 is 2.71 bits per heavy atom. The molecule has 4 nitrogen and oxygen atoms in total. The molecule has 1 aliphatic carbocycles. The smallest absolute Gasteiger partial charge is 0.242 e. The fourth-order valence-corrected chi connectivity index (χ4v) is 1.09. The molecule has 0 radical (unpaired) electrons. The van der Waals surface area contributed by atoms with Crippen LogP contribution in [0.5, 0.6) is 0 Å². The summed E-state index contributed by atoms with van der Waals surface area (Å²) < 4.78 is 1.83. The van der Waals surface area contributed by atoms with E-state index in [1.165, 1.54) is 12.8 Å². The SMILES string of the molecule is CC.CCn1cnc(NCC2CC2)n1. The minimum Gasteiger partial charge on any atom is -0.353 e. The van der Waals surface area contributed by atoms with Crippen LogP contribution in [0.2, 0.25) is 0 Å². The van der Waals surface area contributed by atoms with Crippen LogP contribution in [0.4, 0.5) is 5.95 Å². The van der Waals surface area contributed by atoms with Crippen molar-refractivity contribution in [3.8, 4) is 0 Å². The van der Waals surface area contributed by atoms with Gasteiger partial charge >= 0.3 is 0 Å². The number of nitrogens with one attached hydrogen (secondary N) is 1. The maximum atomic E-state index is 4.22. The molecule has 1 saturated carbocycles. The van der Waals surface area contributed by atoms with Gasteiger partial charge in [-0.15, -0.1) is 5.10 Å². The lowest BCUT2D eigenvalue weighted by molar-refractivity contribution is 0.658. The van der Waals surface area contributed by atoms with E-state index in [9.17, 15) is 0 Å². The predicted octanol–water partition coefficient (Wildman–Crippen LogP) is 2.15. The second-order valence-electron chi connectivity index (χ2n) is 3.25. The molecule has 2 rings (SSSR count). The van der Waals surface area contributed by atoms with Crippen LogP contribution < -0.4 is 5.32 Å². The molecule has 0 bridgehead atoms. The first-order valence-electron chi connectivity index (χ1n) is 5.52. The molecule has 0 atom stereocenters. The Labute approximate surface area is 85.7 Å². The summed E-state index contributed by atoms with van der Waals surface area (Å²) in [5, 5.41) is 7.44. The van der Waals surface area contributed by atoms with Crippen LogP contribution in [0, 0.1) is 5.92 Å². The second-order valence-corrected chi connectivity index (χ2v) is 3.25. The van der Waals surface area contributed by atoms with Crippen molar-refractivity contribution in [1.82, 2.24) is 14.8 Å². The summed E-state index contributed by atoms with van der Waals surface area (Å²) >= 11 is 0. The highest BCUT2D eigenvalue weighted by Crippen LogP contribution is 2.28. The number of rotatable bonds is 4. The molecular formula is C10H20N4. The van der Waals surface area contributed by atoms with E-state index in [2.05, 4.69) is 22.3 Å². The summed E-state index contributed by atoms with van der Waals surface area (Å²) in [5.41, 5.74) is 0. The van der Waals surface area contributed by atoms with Crippen LogP contribution >= 0.6 is 0 Å². The van der Waals surface area contributed by atoms with E-state index in [1.807, 2.05) is 18.5 Å². The summed E-state index contributed by atoms with van der Waals surface area (Å²) in [7, 11) is 0. The van der Waals surface area contributed by atoms with Crippen molar-refractivity contribution >= 4 is 5.95 Å². The summed E-state index contributed by atoms with van der Waals surface area (Å²) in [6, 6.07) is 0. The average Bonchev–Trinajstić information content (AvgIpc) is 2.96. The number of hydrogen-bond acceptors (Lipinski definition) is 3. The molecule has 0 aliphatic heterocycles. The predicted molar refractivity (Wildman–Crippen MR) is 58.3 cm³/mol. The average molecular weight is 196 g/mol. The van der Waals surface area contributed by atoms with Gasteiger partial charge in [-0.3, -0.25) is 4.68 Å². The number of nitrogens with zero attached hydrogens (tertiary/aromatic N) is 3. The third kappa shape index (κ3) is 3.36. The first-order valence-corrected chi connectivity index (χ1v) is 5.52. The standard InChI is InChI=1S/C8H14N4.C2H6/c1-2-12-6-10-8(11-12)9-5-7-3-4-7;1-2/h6-7H,2-5H2,1H3,(H,9,11);1-2H3.